The summed E-state index contributed by atoms with van der Waals surface area (Å²) < 4.78 is 0. The third-order valence-electron chi connectivity index (χ3n) is 5.22. The summed E-state index contributed by atoms with van der Waals surface area (Å²) in [5.41, 5.74) is 4.61. The second-order valence-electron chi connectivity index (χ2n) is 5.84. The zero-order chi connectivity index (χ0) is 11.5. The van der Waals surface area contributed by atoms with E-state index in [1.165, 1.54) is 6.42 Å². The molecular formula is C11H20N2OS. The Labute approximate surface area is 96.4 Å². The fraction of sp³-hybridized carbons (Fsp3) is 0.909. The lowest BCUT2D eigenvalue weighted by atomic mass is 9.67. The van der Waals surface area contributed by atoms with Gasteiger partial charge in [-0.2, -0.15) is 0 Å². The highest BCUT2D eigenvalue weighted by Crippen LogP contribution is 2.68. The van der Waals surface area contributed by atoms with Gasteiger partial charge >= 0.3 is 0 Å². The maximum atomic E-state index is 10.7. The number of thiocarbonyl (C=S) groups is 1. The van der Waals surface area contributed by atoms with Crippen LogP contribution in [0.25, 0.3) is 0 Å². The van der Waals surface area contributed by atoms with Gasteiger partial charge in [-0.3, -0.25) is 0 Å². The summed E-state index contributed by atoms with van der Waals surface area (Å²) >= 11 is 4.85. The average Bonchev–Trinajstić information content (AvgIpc) is 2.34. The van der Waals surface area contributed by atoms with E-state index < -0.39 is 5.72 Å². The van der Waals surface area contributed by atoms with Crippen molar-refractivity contribution in [3.05, 3.63) is 0 Å². The molecule has 2 bridgehead atoms. The monoisotopic (exact) mass is 228 g/mol. The minimum atomic E-state index is -0.911. The Morgan fingerprint density at radius 1 is 1.47 bits per heavy atom. The van der Waals surface area contributed by atoms with E-state index in [1.54, 1.807) is 0 Å². The van der Waals surface area contributed by atoms with E-state index in [9.17, 15) is 5.11 Å². The Hall–Kier alpha value is -0.350. The van der Waals surface area contributed by atoms with Crippen LogP contribution in [-0.2, 0) is 0 Å². The standard InChI is InChI=1S/C11H20N2OS/c1-9(2)7-4-5-10(9,3)11(14,6-7)13-8(12)15/h7,14H,4-6H2,1-3H3,(H3,12,13,15). The number of rotatable bonds is 1. The van der Waals surface area contributed by atoms with E-state index in [0.717, 1.165) is 12.8 Å². The number of aliphatic hydroxyl groups is 1. The van der Waals surface area contributed by atoms with Crippen LogP contribution in [0.15, 0.2) is 0 Å². The highest BCUT2D eigenvalue weighted by atomic mass is 32.1. The van der Waals surface area contributed by atoms with Crippen LogP contribution >= 0.6 is 12.2 Å². The molecule has 0 heterocycles. The van der Waals surface area contributed by atoms with Crippen LogP contribution in [-0.4, -0.2) is 15.9 Å². The van der Waals surface area contributed by atoms with Gasteiger partial charge in [0.15, 0.2) is 5.11 Å². The zero-order valence-corrected chi connectivity index (χ0v) is 10.4. The molecule has 0 aromatic heterocycles. The fourth-order valence-electron chi connectivity index (χ4n) is 3.67. The molecule has 15 heavy (non-hydrogen) atoms. The molecule has 4 N–H and O–H groups in total. The number of fused-ring (bicyclic) bond motifs is 2. The molecule has 0 spiro atoms. The minimum absolute atomic E-state index is 0.131. The van der Waals surface area contributed by atoms with Crippen molar-refractivity contribution < 1.29 is 5.11 Å². The summed E-state index contributed by atoms with van der Waals surface area (Å²) in [6, 6.07) is 0. The van der Waals surface area contributed by atoms with E-state index in [1.807, 2.05) is 0 Å². The lowest BCUT2D eigenvalue weighted by Gasteiger charge is -2.45. The van der Waals surface area contributed by atoms with Crippen molar-refractivity contribution in [2.75, 3.05) is 0 Å². The predicted molar refractivity (Wildman–Crippen MR) is 64.1 cm³/mol. The number of nitrogens with two attached hydrogens (primary N) is 1. The van der Waals surface area contributed by atoms with Crippen LogP contribution in [0.5, 0.6) is 0 Å². The highest BCUT2D eigenvalue weighted by Gasteiger charge is 2.68. The first-order valence-corrected chi connectivity index (χ1v) is 5.94. The Morgan fingerprint density at radius 2 is 2.07 bits per heavy atom. The minimum Gasteiger partial charge on any atom is -0.376 e. The van der Waals surface area contributed by atoms with Gasteiger partial charge < -0.3 is 16.2 Å². The van der Waals surface area contributed by atoms with Gasteiger partial charge in [-0.1, -0.05) is 20.8 Å². The molecule has 4 heteroatoms. The van der Waals surface area contributed by atoms with E-state index in [0.29, 0.717) is 5.92 Å². The summed E-state index contributed by atoms with van der Waals surface area (Å²) in [6.45, 7) is 6.62. The van der Waals surface area contributed by atoms with Crippen molar-refractivity contribution in [3.63, 3.8) is 0 Å². The molecule has 86 valence electrons. The summed E-state index contributed by atoms with van der Waals surface area (Å²) in [4.78, 5) is 0. The Balaban J connectivity index is 2.36. The van der Waals surface area contributed by atoms with Crippen molar-refractivity contribution in [1.29, 1.82) is 0 Å². The predicted octanol–water partition coefficient (Wildman–Crippen LogP) is 1.35. The third kappa shape index (κ3) is 1.18. The van der Waals surface area contributed by atoms with E-state index >= 15 is 0 Å². The molecule has 0 aromatic rings. The van der Waals surface area contributed by atoms with Gasteiger partial charge in [-0.05, 0) is 42.8 Å². The summed E-state index contributed by atoms with van der Waals surface area (Å²) in [7, 11) is 0. The maximum absolute atomic E-state index is 10.7. The first-order valence-electron chi connectivity index (χ1n) is 5.53. The Kier molecular flexibility index (Phi) is 2.12. The summed E-state index contributed by atoms with van der Waals surface area (Å²) in [5.74, 6) is 0.564. The lowest BCUT2D eigenvalue weighted by Crippen LogP contribution is -2.60. The molecule has 3 nitrogen and oxygen atoms in total. The smallest absolute Gasteiger partial charge is 0.165 e. The third-order valence-corrected chi connectivity index (χ3v) is 5.32. The highest BCUT2D eigenvalue weighted by molar-refractivity contribution is 7.80. The van der Waals surface area contributed by atoms with Gasteiger partial charge in [0.25, 0.3) is 0 Å². The van der Waals surface area contributed by atoms with Gasteiger partial charge in [-0.25, -0.2) is 0 Å². The van der Waals surface area contributed by atoms with Crippen LogP contribution in [0.4, 0.5) is 0 Å². The second kappa shape index (κ2) is 2.86. The molecule has 0 saturated heterocycles. The quantitative estimate of drug-likeness (QED) is 0.468. The molecule has 0 aliphatic heterocycles. The van der Waals surface area contributed by atoms with E-state index in [4.69, 9.17) is 18.0 Å². The topological polar surface area (TPSA) is 58.3 Å². The molecule has 3 atom stereocenters. The van der Waals surface area contributed by atoms with Crippen molar-refractivity contribution in [3.8, 4) is 0 Å². The van der Waals surface area contributed by atoms with Crippen molar-refractivity contribution in [2.45, 2.75) is 45.8 Å². The SMILES string of the molecule is CC1(C)C2CCC1(C)C(O)(NC(N)=S)C2. The first kappa shape index (κ1) is 11.1. The summed E-state index contributed by atoms with van der Waals surface area (Å²) in [5, 5.41) is 13.8. The number of hydrogen-bond donors (Lipinski definition) is 3. The fourth-order valence-corrected chi connectivity index (χ4v) is 3.84. The van der Waals surface area contributed by atoms with Gasteiger partial charge in [0.1, 0.15) is 5.72 Å². The number of hydrogen-bond acceptors (Lipinski definition) is 2. The van der Waals surface area contributed by atoms with Crippen LogP contribution in [0, 0.1) is 16.7 Å². The molecule has 0 amide bonds. The molecule has 2 saturated carbocycles. The zero-order valence-electron chi connectivity index (χ0n) is 9.63. The van der Waals surface area contributed by atoms with Crippen LogP contribution < -0.4 is 11.1 Å². The van der Waals surface area contributed by atoms with Crippen LogP contribution in [0.1, 0.15) is 40.0 Å². The molecule has 2 aliphatic carbocycles. The normalized spacial score (nSPS) is 46.8. The maximum Gasteiger partial charge on any atom is 0.165 e. The Morgan fingerprint density at radius 3 is 2.40 bits per heavy atom. The van der Waals surface area contributed by atoms with Crippen molar-refractivity contribution >= 4 is 17.3 Å². The largest absolute Gasteiger partial charge is 0.376 e. The van der Waals surface area contributed by atoms with Crippen molar-refractivity contribution in [2.24, 2.45) is 22.5 Å². The van der Waals surface area contributed by atoms with Gasteiger partial charge in [0.05, 0.1) is 0 Å². The van der Waals surface area contributed by atoms with Gasteiger partial charge in [0.2, 0.25) is 0 Å². The molecule has 3 unspecified atom stereocenters. The molecule has 2 rings (SSSR count). The van der Waals surface area contributed by atoms with Gasteiger partial charge in [-0.15, -0.1) is 0 Å². The molecule has 0 aromatic carbocycles. The van der Waals surface area contributed by atoms with Gasteiger partial charge in [0, 0.05) is 5.41 Å². The second-order valence-corrected chi connectivity index (χ2v) is 6.28. The molecule has 2 aliphatic rings. The van der Waals surface area contributed by atoms with Crippen LogP contribution in [0.2, 0.25) is 0 Å². The van der Waals surface area contributed by atoms with Crippen molar-refractivity contribution in [1.82, 2.24) is 5.32 Å². The van der Waals surface area contributed by atoms with E-state index in [2.05, 4.69) is 26.1 Å². The molecule has 0 radical (unpaired) electrons. The molecular weight excluding hydrogens is 208 g/mol. The summed E-state index contributed by atoms with van der Waals surface area (Å²) in [6.07, 6.45) is 3.00. The van der Waals surface area contributed by atoms with Crippen LogP contribution in [0.3, 0.4) is 0 Å². The lowest BCUT2D eigenvalue weighted by molar-refractivity contribution is -0.100. The molecule has 2 fully saturated rings. The first-order chi connectivity index (χ1) is 6.73. The number of nitrogens with one attached hydrogen (secondary N) is 1. The Bertz CT molecular complexity index is 318. The average molecular weight is 228 g/mol. The van der Waals surface area contributed by atoms with E-state index in [-0.39, 0.29) is 15.9 Å².